The second-order valence-corrected chi connectivity index (χ2v) is 6.26. The molecule has 25 heavy (non-hydrogen) atoms. The van der Waals surface area contributed by atoms with Gasteiger partial charge in [0, 0.05) is 25.5 Å². The van der Waals surface area contributed by atoms with E-state index in [2.05, 4.69) is 5.32 Å². The van der Waals surface area contributed by atoms with Crippen LogP contribution >= 0.6 is 0 Å². The number of phenolic OH excluding ortho intramolecular Hbond substituents is 1. The fourth-order valence-corrected chi connectivity index (χ4v) is 2.92. The molecular formula is C17H16F3NO4. The molecule has 5 nitrogen and oxygen atoms in total. The van der Waals surface area contributed by atoms with Crippen LogP contribution in [-0.2, 0) is 0 Å². The lowest BCUT2D eigenvalue weighted by atomic mass is 9.87. The number of aromatic hydroxyl groups is 1. The van der Waals surface area contributed by atoms with E-state index >= 15 is 0 Å². The van der Waals surface area contributed by atoms with Crippen LogP contribution in [0.3, 0.4) is 0 Å². The number of benzene rings is 1. The molecule has 1 aromatic heterocycles. The van der Waals surface area contributed by atoms with Crippen LogP contribution in [-0.4, -0.2) is 23.5 Å². The summed E-state index contributed by atoms with van der Waals surface area (Å²) in [7, 11) is 0. The summed E-state index contributed by atoms with van der Waals surface area (Å²) in [6.07, 6.45) is 0.152. The van der Waals surface area contributed by atoms with Crippen LogP contribution in [0, 0.1) is 11.7 Å². The number of nitrogens with one attached hydrogen (secondary N) is 1. The molecule has 0 bridgehead atoms. The largest absolute Gasteiger partial charge is 0.502 e. The molecule has 0 saturated heterocycles. The third-order valence-electron chi connectivity index (χ3n) is 4.43. The molecule has 1 fully saturated rings. The Labute approximate surface area is 140 Å². The summed E-state index contributed by atoms with van der Waals surface area (Å²) in [6, 6.07) is 3.03. The first-order valence-electron chi connectivity index (χ1n) is 7.88. The summed E-state index contributed by atoms with van der Waals surface area (Å²) in [6.45, 7) is 0.172. The number of carbonyl (C=O) groups is 1. The summed E-state index contributed by atoms with van der Waals surface area (Å²) in [5.74, 6) is -5.65. The molecule has 8 heteroatoms. The van der Waals surface area contributed by atoms with Crippen LogP contribution in [0.15, 0.2) is 27.4 Å². The quantitative estimate of drug-likeness (QED) is 0.886. The number of hydrogen-bond acceptors (Lipinski definition) is 4. The van der Waals surface area contributed by atoms with E-state index in [1.54, 1.807) is 0 Å². The molecule has 2 aromatic rings. The van der Waals surface area contributed by atoms with Gasteiger partial charge in [0.25, 0.3) is 5.91 Å². The minimum Gasteiger partial charge on any atom is -0.502 e. The van der Waals surface area contributed by atoms with Crippen LogP contribution in [0.2, 0.25) is 0 Å². The minimum atomic E-state index is -2.65. The van der Waals surface area contributed by atoms with Gasteiger partial charge in [-0.15, -0.1) is 0 Å². The average Bonchev–Trinajstić information content (AvgIpc) is 2.57. The maximum absolute atomic E-state index is 13.4. The predicted octanol–water partition coefficient (Wildman–Crippen LogP) is 3.19. The first kappa shape index (κ1) is 17.3. The molecule has 0 aliphatic heterocycles. The number of carbonyl (C=O) groups excluding carboxylic acids is 1. The van der Waals surface area contributed by atoms with Gasteiger partial charge in [-0.05, 0) is 30.9 Å². The third kappa shape index (κ3) is 3.62. The summed E-state index contributed by atoms with van der Waals surface area (Å²) in [5, 5.41) is 12.1. The molecule has 0 spiro atoms. The van der Waals surface area contributed by atoms with Crippen LogP contribution in [0.1, 0.15) is 36.2 Å². The molecule has 1 saturated carbocycles. The minimum absolute atomic E-state index is 0.0510. The molecular weight excluding hydrogens is 339 g/mol. The Morgan fingerprint density at radius 3 is 2.68 bits per heavy atom. The van der Waals surface area contributed by atoms with Crippen molar-refractivity contribution >= 4 is 16.9 Å². The highest BCUT2D eigenvalue weighted by molar-refractivity contribution is 5.93. The van der Waals surface area contributed by atoms with Crippen LogP contribution in [0.5, 0.6) is 5.75 Å². The summed E-state index contributed by atoms with van der Waals surface area (Å²) >= 11 is 0. The molecule has 0 unspecified atom stereocenters. The molecule has 1 aliphatic rings. The van der Waals surface area contributed by atoms with Crippen LogP contribution in [0.4, 0.5) is 13.2 Å². The summed E-state index contributed by atoms with van der Waals surface area (Å²) < 4.78 is 44.8. The Hall–Kier alpha value is -2.51. The lowest BCUT2D eigenvalue weighted by Gasteiger charge is -2.28. The van der Waals surface area contributed by atoms with E-state index < -0.39 is 34.4 Å². The molecule has 2 N–H and O–H groups in total. The SMILES string of the molecule is O=C(NCC1CCC(F)(F)CC1)c1cc(=O)c2ccc(F)c(O)c2o1. The number of hydrogen-bond donors (Lipinski definition) is 2. The van der Waals surface area contributed by atoms with Gasteiger partial charge in [-0.3, -0.25) is 9.59 Å². The first-order chi connectivity index (χ1) is 11.8. The number of alkyl halides is 2. The van der Waals surface area contributed by atoms with Crippen molar-refractivity contribution < 1.29 is 27.5 Å². The smallest absolute Gasteiger partial charge is 0.287 e. The van der Waals surface area contributed by atoms with Gasteiger partial charge in [-0.25, -0.2) is 13.2 Å². The van der Waals surface area contributed by atoms with Gasteiger partial charge in [0.1, 0.15) is 0 Å². The maximum atomic E-state index is 13.4. The lowest BCUT2D eigenvalue weighted by Crippen LogP contribution is -2.34. The number of fused-ring (bicyclic) bond motifs is 1. The van der Waals surface area contributed by atoms with Crippen molar-refractivity contribution in [1.82, 2.24) is 5.32 Å². The van der Waals surface area contributed by atoms with E-state index in [1.807, 2.05) is 0 Å². The molecule has 0 radical (unpaired) electrons. The predicted molar refractivity (Wildman–Crippen MR) is 83.3 cm³/mol. The van der Waals surface area contributed by atoms with Crippen molar-refractivity contribution in [3.05, 3.63) is 40.0 Å². The molecule has 1 aliphatic carbocycles. The van der Waals surface area contributed by atoms with Crippen molar-refractivity contribution in [3.63, 3.8) is 0 Å². The van der Waals surface area contributed by atoms with Crippen molar-refractivity contribution in [2.45, 2.75) is 31.6 Å². The Morgan fingerprint density at radius 1 is 1.32 bits per heavy atom. The van der Waals surface area contributed by atoms with Gasteiger partial charge in [-0.1, -0.05) is 0 Å². The third-order valence-corrected chi connectivity index (χ3v) is 4.43. The first-order valence-corrected chi connectivity index (χ1v) is 7.88. The second kappa shape index (κ2) is 6.42. The second-order valence-electron chi connectivity index (χ2n) is 6.26. The normalized spacial score (nSPS) is 17.6. The molecule has 1 aromatic carbocycles. The molecule has 3 rings (SSSR count). The lowest BCUT2D eigenvalue weighted by molar-refractivity contribution is -0.0452. The van der Waals surface area contributed by atoms with Gasteiger partial charge in [0.05, 0.1) is 5.39 Å². The number of rotatable bonds is 3. The van der Waals surface area contributed by atoms with Gasteiger partial charge >= 0.3 is 0 Å². The van der Waals surface area contributed by atoms with Crippen molar-refractivity contribution in [2.75, 3.05) is 6.54 Å². The highest BCUT2D eigenvalue weighted by atomic mass is 19.3. The average molecular weight is 355 g/mol. The van der Waals surface area contributed by atoms with Crippen LogP contribution < -0.4 is 10.7 Å². The zero-order valence-corrected chi connectivity index (χ0v) is 13.2. The molecule has 1 heterocycles. The Balaban J connectivity index is 1.74. The summed E-state index contributed by atoms with van der Waals surface area (Å²) in [4.78, 5) is 24.1. The zero-order chi connectivity index (χ0) is 18.2. The van der Waals surface area contributed by atoms with Crippen molar-refractivity contribution in [1.29, 1.82) is 0 Å². The van der Waals surface area contributed by atoms with Gasteiger partial charge in [0.15, 0.2) is 28.3 Å². The van der Waals surface area contributed by atoms with Crippen molar-refractivity contribution in [3.8, 4) is 5.75 Å². The summed E-state index contributed by atoms with van der Waals surface area (Å²) in [5.41, 5.74) is -1.01. The number of halogens is 3. The van der Waals surface area contributed by atoms with Gasteiger partial charge < -0.3 is 14.8 Å². The fraction of sp³-hybridized carbons (Fsp3) is 0.412. The van der Waals surface area contributed by atoms with Crippen LogP contribution in [0.25, 0.3) is 11.0 Å². The van der Waals surface area contributed by atoms with Gasteiger partial charge in [-0.2, -0.15) is 0 Å². The molecule has 134 valence electrons. The van der Waals surface area contributed by atoms with E-state index in [-0.39, 0.29) is 36.5 Å². The van der Waals surface area contributed by atoms with E-state index in [0.717, 1.165) is 18.2 Å². The van der Waals surface area contributed by atoms with E-state index in [1.165, 1.54) is 0 Å². The van der Waals surface area contributed by atoms with E-state index in [9.17, 15) is 27.9 Å². The van der Waals surface area contributed by atoms with Crippen molar-refractivity contribution in [2.24, 2.45) is 5.92 Å². The number of amides is 1. The Kier molecular flexibility index (Phi) is 4.45. The van der Waals surface area contributed by atoms with Gasteiger partial charge in [0.2, 0.25) is 5.92 Å². The topological polar surface area (TPSA) is 79.5 Å². The number of phenols is 1. The Morgan fingerprint density at radius 2 is 2.00 bits per heavy atom. The molecule has 0 atom stereocenters. The van der Waals surface area contributed by atoms with E-state index in [4.69, 9.17) is 4.42 Å². The highest BCUT2D eigenvalue weighted by Crippen LogP contribution is 2.35. The Bertz CT molecular complexity index is 868. The highest BCUT2D eigenvalue weighted by Gasteiger charge is 2.34. The zero-order valence-electron chi connectivity index (χ0n) is 13.2. The fourth-order valence-electron chi connectivity index (χ4n) is 2.92. The maximum Gasteiger partial charge on any atom is 0.287 e. The van der Waals surface area contributed by atoms with E-state index in [0.29, 0.717) is 12.8 Å². The standard InChI is InChI=1S/C17H16F3NO4/c18-11-2-1-10-12(22)7-13(25-15(10)14(11)23)16(24)21-8-9-3-5-17(19,20)6-4-9/h1-2,7,9,23H,3-6,8H2,(H,21,24). The monoisotopic (exact) mass is 355 g/mol. The molecule has 1 amide bonds.